The van der Waals surface area contributed by atoms with Crippen LogP contribution in [0.2, 0.25) is 0 Å². The minimum atomic E-state index is -0.100. The number of nitrogens with one attached hydrogen (secondary N) is 1. The second-order valence-electron chi connectivity index (χ2n) is 6.07. The molecule has 2 aromatic heterocycles. The van der Waals surface area contributed by atoms with Crippen molar-refractivity contribution in [1.82, 2.24) is 20.2 Å². The molecule has 1 saturated heterocycles. The summed E-state index contributed by atoms with van der Waals surface area (Å²) in [6, 6.07) is 5.74. The van der Waals surface area contributed by atoms with Crippen molar-refractivity contribution in [2.75, 3.05) is 19.6 Å². The third-order valence-corrected chi connectivity index (χ3v) is 5.05. The first-order valence-corrected chi connectivity index (χ1v) is 9.50. The number of thiazole rings is 1. The fraction of sp³-hybridized carbons (Fsp3) is 0.444. The average molecular weight is 358 g/mol. The molecule has 0 atom stereocenters. The van der Waals surface area contributed by atoms with E-state index in [1.807, 2.05) is 23.6 Å². The Morgan fingerprint density at radius 1 is 1.24 bits per heavy atom. The fourth-order valence-electron chi connectivity index (χ4n) is 2.80. The smallest absolute Gasteiger partial charge is 0.239 e. The number of rotatable bonds is 6. The Balaban J connectivity index is 1.44. The van der Waals surface area contributed by atoms with Crippen LogP contribution in [-0.4, -0.2) is 46.3 Å². The Kier molecular flexibility index (Phi) is 6.11. The number of pyridine rings is 1. The maximum Gasteiger partial charge on any atom is 0.239 e. The highest BCUT2D eigenvalue weighted by Gasteiger charge is 2.18. The molecule has 1 N–H and O–H groups in total. The predicted octanol–water partition coefficient (Wildman–Crippen LogP) is 2.27. The highest BCUT2D eigenvalue weighted by Crippen LogP contribution is 2.19. The van der Waals surface area contributed by atoms with Gasteiger partial charge in [-0.15, -0.1) is 11.3 Å². The van der Waals surface area contributed by atoms with Crippen molar-refractivity contribution in [3.63, 3.8) is 0 Å². The van der Waals surface area contributed by atoms with E-state index < -0.39 is 0 Å². The number of aromatic nitrogens is 2. The Labute approximate surface area is 151 Å². The molecule has 2 amide bonds. The van der Waals surface area contributed by atoms with E-state index in [0.717, 1.165) is 35.7 Å². The van der Waals surface area contributed by atoms with Gasteiger partial charge in [-0.25, -0.2) is 4.98 Å². The minimum Gasteiger partial charge on any atom is -0.354 e. The van der Waals surface area contributed by atoms with Crippen molar-refractivity contribution >= 4 is 23.2 Å². The second-order valence-corrected chi connectivity index (χ2v) is 7.01. The second kappa shape index (κ2) is 8.71. The van der Waals surface area contributed by atoms with E-state index in [1.54, 1.807) is 22.4 Å². The van der Waals surface area contributed by atoms with Crippen LogP contribution in [0.25, 0.3) is 11.4 Å². The number of hydrogen-bond donors (Lipinski definition) is 1. The summed E-state index contributed by atoms with van der Waals surface area (Å²) in [4.78, 5) is 34.5. The zero-order valence-corrected chi connectivity index (χ0v) is 14.9. The number of carbonyl (C=O) groups excluding carboxylic acids is 2. The van der Waals surface area contributed by atoms with Crippen molar-refractivity contribution in [3.05, 3.63) is 34.8 Å². The quantitative estimate of drug-likeness (QED) is 0.859. The lowest BCUT2D eigenvalue weighted by atomic mass is 10.2. The van der Waals surface area contributed by atoms with Crippen LogP contribution in [0.3, 0.4) is 0 Å². The molecule has 25 heavy (non-hydrogen) atoms. The van der Waals surface area contributed by atoms with Crippen LogP contribution in [-0.2, 0) is 16.0 Å². The topological polar surface area (TPSA) is 75.2 Å². The predicted molar refractivity (Wildman–Crippen MR) is 97.1 cm³/mol. The normalized spacial score (nSPS) is 15.0. The molecule has 7 heteroatoms. The standard InChI is InChI=1S/C18H22N4O2S/c23-16(12-22-11-5-1-2-7-18(22)24)20-10-8-17-21-15(13-25-17)14-6-3-4-9-19-14/h3-4,6,9,13H,1-2,5,7-8,10-12H2,(H,20,23). The molecule has 2 aromatic rings. The van der Waals surface area contributed by atoms with Crippen LogP contribution in [0.5, 0.6) is 0 Å². The van der Waals surface area contributed by atoms with Crippen LogP contribution < -0.4 is 5.32 Å². The lowest BCUT2D eigenvalue weighted by Crippen LogP contribution is -2.41. The molecule has 1 aliphatic heterocycles. The van der Waals surface area contributed by atoms with Crippen molar-refractivity contribution in [2.24, 2.45) is 0 Å². The molecule has 6 nitrogen and oxygen atoms in total. The van der Waals surface area contributed by atoms with Gasteiger partial charge in [-0.05, 0) is 25.0 Å². The number of carbonyl (C=O) groups is 2. The Morgan fingerprint density at radius 3 is 3.00 bits per heavy atom. The van der Waals surface area contributed by atoms with Gasteiger partial charge in [0.15, 0.2) is 0 Å². The zero-order valence-electron chi connectivity index (χ0n) is 14.1. The first kappa shape index (κ1) is 17.5. The van der Waals surface area contributed by atoms with E-state index in [0.29, 0.717) is 25.9 Å². The molecule has 0 aromatic carbocycles. The summed E-state index contributed by atoms with van der Waals surface area (Å²) >= 11 is 1.57. The first-order valence-electron chi connectivity index (χ1n) is 8.62. The molecule has 3 heterocycles. The van der Waals surface area contributed by atoms with Crippen LogP contribution in [0.1, 0.15) is 30.7 Å². The van der Waals surface area contributed by atoms with E-state index in [-0.39, 0.29) is 18.4 Å². The molecular formula is C18H22N4O2S. The zero-order chi connectivity index (χ0) is 17.5. The lowest BCUT2D eigenvalue weighted by molar-refractivity contribution is -0.135. The van der Waals surface area contributed by atoms with Crippen molar-refractivity contribution in [3.8, 4) is 11.4 Å². The molecule has 0 spiro atoms. The van der Waals surface area contributed by atoms with Gasteiger partial charge in [-0.3, -0.25) is 14.6 Å². The number of nitrogens with zero attached hydrogens (tertiary/aromatic N) is 3. The van der Waals surface area contributed by atoms with Gasteiger partial charge in [0.1, 0.15) is 0 Å². The van der Waals surface area contributed by atoms with E-state index in [2.05, 4.69) is 15.3 Å². The molecule has 1 fully saturated rings. The number of hydrogen-bond acceptors (Lipinski definition) is 5. The summed E-state index contributed by atoms with van der Waals surface area (Å²) in [7, 11) is 0. The molecule has 3 rings (SSSR count). The van der Waals surface area contributed by atoms with E-state index in [9.17, 15) is 9.59 Å². The van der Waals surface area contributed by atoms with Gasteiger partial charge in [0, 0.05) is 37.5 Å². The third-order valence-electron chi connectivity index (χ3n) is 4.15. The van der Waals surface area contributed by atoms with E-state index in [1.165, 1.54) is 0 Å². The van der Waals surface area contributed by atoms with Gasteiger partial charge in [-0.1, -0.05) is 12.5 Å². The molecule has 132 valence electrons. The molecule has 0 unspecified atom stereocenters. The van der Waals surface area contributed by atoms with Gasteiger partial charge < -0.3 is 10.2 Å². The molecular weight excluding hydrogens is 336 g/mol. The number of amides is 2. The van der Waals surface area contributed by atoms with Crippen LogP contribution in [0.15, 0.2) is 29.8 Å². The summed E-state index contributed by atoms with van der Waals surface area (Å²) in [6.45, 7) is 1.37. The Morgan fingerprint density at radius 2 is 2.16 bits per heavy atom. The lowest BCUT2D eigenvalue weighted by Gasteiger charge is -2.19. The minimum absolute atomic E-state index is 0.0903. The average Bonchev–Trinajstić information content (AvgIpc) is 3.01. The van der Waals surface area contributed by atoms with Crippen LogP contribution in [0.4, 0.5) is 0 Å². The molecule has 0 aliphatic carbocycles. The van der Waals surface area contributed by atoms with Crippen molar-refractivity contribution < 1.29 is 9.59 Å². The molecule has 0 radical (unpaired) electrons. The SMILES string of the molecule is O=C(CN1CCCCCC1=O)NCCc1nc(-c2ccccn2)cs1. The first-order chi connectivity index (χ1) is 12.2. The maximum absolute atomic E-state index is 12.1. The Hall–Kier alpha value is -2.28. The van der Waals surface area contributed by atoms with Gasteiger partial charge in [0.2, 0.25) is 11.8 Å². The van der Waals surface area contributed by atoms with E-state index >= 15 is 0 Å². The largest absolute Gasteiger partial charge is 0.354 e. The maximum atomic E-state index is 12.1. The fourth-order valence-corrected chi connectivity index (χ4v) is 3.59. The van der Waals surface area contributed by atoms with Gasteiger partial charge in [0.05, 0.1) is 22.9 Å². The Bertz CT molecular complexity index is 717. The van der Waals surface area contributed by atoms with Crippen LogP contribution >= 0.6 is 11.3 Å². The molecule has 0 bridgehead atoms. The molecule has 1 aliphatic rings. The van der Waals surface area contributed by atoms with Gasteiger partial charge >= 0.3 is 0 Å². The summed E-state index contributed by atoms with van der Waals surface area (Å²) in [5.74, 6) is -0.00988. The summed E-state index contributed by atoms with van der Waals surface area (Å²) in [5, 5.41) is 5.83. The molecule has 0 saturated carbocycles. The highest BCUT2D eigenvalue weighted by atomic mass is 32.1. The summed E-state index contributed by atoms with van der Waals surface area (Å²) < 4.78 is 0. The van der Waals surface area contributed by atoms with Gasteiger partial charge in [0.25, 0.3) is 0 Å². The third kappa shape index (κ3) is 5.09. The summed E-state index contributed by atoms with van der Waals surface area (Å²) in [6.07, 6.45) is 5.96. The van der Waals surface area contributed by atoms with Crippen molar-refractivity contribution in [2.45, 2.75) is 32.1 Å². The summed E-state index contributed by atoms with van der Waals surface area (Å²) in [5.41, 5.74) is 1.72. The van der Waals surface area contributed by atoms with E-state index in [4.69, 9.17) is 0 Å². The van der Waals surface area contributed by atoms with Gasteiger partial charge in [-0.2, -0.15) is 0 Å². The van der Waals surface area contributed by atoms with Crippen LogP contribution in [0, 0.1) is 0 Å². The highest BCUT2D eigenvalue weighted by molar-refractivity contribution is 7.09. The van der Waals surface area contributed by atoms with Crippen molar-refractivity contribution in [1.29, 1.82) is 0 Å². The number of likely N-dealkylation sites (tertiary alicyclic amines) is 1. The monoisotopic (exact) mass is 358 g/mol.